The Kier molecular flexibility index (Phi) is 13.4. The van der Waals surface area contributed by atoms with Crippen molar-refractivity contribution in [2.45, 2.75) is 44.0 Å². The van der Waals surface area contributed by atoms with Gasteiger partial charge in [0, 0.05) is 24.0 Å². The van der Waals surface area contributed by atoms with Crippen molar-refractivity contribution in [1.29, 1.82) is 0 Å². The first-order valence-electron chi connectivity index (χ1n) is 11.6. The van der Waals surface area contributed by atoms with E-state index < -0.39 is 0 Å². The van der Waals surface area contributed by atoms with E-state index in [0.717, 1.165) is 25.0 Å². The van der Waals surface area contributed by atoms with Gasteiger partial charge in [0.2, 0.25) is 0 Å². The first kappa shape index (κ1) is 26.3. The second-order valence-electron chi connectivity index (χ2n) is 8.25. The van der Waals surface area contributed by atoms with Crippen molar-refractivity contribution >= 4 is 23.9 Å². The molecule has 1 aliphatic heterocycles. The molecule has 0 amide bonds. The van der Waals surface area contributed by atoms with Gasteiger partial charge in [-0.2, -0.15) is 0 Å². The second kappa shape index (κ2) is 15.8. The molecule has 1 fully saturated rings. The normalized spacial score (nSPS) is 16.2. The number of hydrogen-bond donors (Lipinski definition) is 0. The quantitative estimate of drug-likeness (QED) is 0.379. The lowest BCUT2D eigenvalue weighted by Crippen LogP contribution is -2.42. The average Bonchev–Trinajstić information content (AvgIpc) is 2.81. The molecule has 1 atom stereocenters. The number of likely N-dealkylation sites (tertiary alicyclic amines) is 1. The fourth-order valence-corrected chi connectivity index (χ4v) is 5.72. The molecule has 0 bridgehead atoms. The summed E-state index contributed by atoms with van der Waals surface area (Å²) < 4.78 is 4.93. The van der Waals surface area contributed by atoms with Crippen LogP contribution >= 0.6 is 23.9 Å². The highest BCUT2D eigenvalue weighted by molar-refractivity contribution is 7.97. The van der Waals surface area contributed by atoms with Crippen molar-refractivity contribution in [2.24, 2.45) is 5.92 Å². The zero-order valence-corrected chi connectivity index (χ0v) is 21.5. The minimum atomic E-state index is 0.734. The summed E-state index contributed by atoms with van der Waals surface area (Å²) in [5.74, 6) is 0.734. The third-order valence-corrected chi connectivity index (χ3v) is 7.66. The molecule has 0 N–H and O–H groups in total. The number of piperidine rings is 1. The Bertz CT molecular complexity index is 632. The molecule has 0 saturated carbocycles. The highest BCUT2D eigenvalue weighted by atomic mass is 32.2. The van der Waals surface area contributed by atoms with Crippen molar-refractivity contribution in [3.05, 3.63) is 66.7 Å². The van der Waals surface area contributed by atoms with Crippen LogP contribution < -0.4 is 0 Å². The van der Waals surface area contributed by atoms with Gasteiger partial charge in [0.1, 0.15) is 0 Å². The monoisotopic (exact) mass is 459 g/mol. The molecule has 2 aromatic rings. The molecule has 0 radical (unpaired) electrons. The van der Waals surface area contributed by atoms with Gasteiger partial charge in [0.15, 0.2) is 0 Å². The van der Waals surface area contributed by atoms with Crippen LogP contribution in [0.1, 0.15) is 33.1 Å². The van der Waals surface area contributed by atoms with Crippen molar-refractivity contribution < 1.29 is 0 Å². The lowest BCUT2D eigenvalue weighted by molar-refractivity contribution is 0.159. The van der Waals surface area contributed by atoms with E-state index in [-0.39, 0.29) is 0 Å². The summed E-state index contributed by atoms with van der Waals surface area (Å²) in [6.45, 7) is 10.8. The van der Waals surface area contributed by atoms with Crippen LogP contribution in [0, 0.1) is 5.92 Å². The molecule has 1 heterocycles. The van der Waals surface area contributed by atoms with Gasteiger partial charge < -0.3 is 4.90 Å². The summed E-state index contributed by atoms with van der Waals surface area (Å²) in [6, 6.07) is 23.4. The molecule has 3 nitrogen and oxygen atoms in total. The highest BCUT2D eigenvalue weighted by Gasteiger charge is 2.23. The zero-order chi connectivity index (χ0) is 22.3. The van der Waals surface area contributed by atoms with E-state index in [4.69, 9.17) is 0 Å². The lowest BCUT2D eigenvalue weighted by atomic mass is 10.0. The van der Waals surface area contributed by atoms with Crippen molar-refractivity contribution in [3.63, 3.8) is 0 Å². The smallest absolute Gasteiger partial charge is 0.0230 e. The number of rotatable bonds is 10. The molecule has 0 aliphatic carbocycles. The van der Waals surface area contributed by atoms with E-state index in [0.29, 0.717) is 0 Å². The van der Waals surface area contributed by atoms with E-state index in [1.807, 2.05) is 60.3 Å². The van der Waals surface area contributed by atoms with Gasteiger partial charge in [-0.3, -0.25) is 0 Å². The molecular formula is C26H41N3S2. The van der Waals surface area contributed by atoms with Crippen LogP contribution in [0.5, 0.6) is 0 Å². The average molecular weight is 460 g/mol. The molecule has 1 saturated heterocycles. The van der Waals surface area contributed by atoms with Crippen LogP contribution in [0.25, 0.3) is 0 Å². The van der Waals surface area contributed by atoms with Gasteiger partial charge in [-0.1, -0.05) is 80.4 Å². The molecule has 0 aromatic heterocycles. The zero-order valence-electron chi connectivity index (χ0n) is 19.8. The summed E-state index contributed by atoms with van der Waals surface area (Å²) in [7, 11) is 2.21. The van der Waals surface area contributed by atoms with Gasteiger partial charge >= 0.3 is 0 Å². The van der Waals surface area contributed by atoms with Crippen LogP contribution in [-0.2, 0) is 0 Å². The lowest BCUT2D eigenvalue weighted by Gasteiger charge is -2.37. The maximum absolute atomic E-state index is 2.67. The van der Waals surface area contributed by atoms with Crippen molar-refractivity contribution in [1.82, 2.24) is 13.5 Å². The topological polar surface area (TPSA) is 9.72 Å². The molecular weight excluding hydrogens is 418 g/mol. The Morgan fingerprint density at radius 2 is 1.52 bits per heavy atom. The standard InChI is InChI=1S/C20H35N3S2.C6H6/c1-5-23(24-4)19-12-15-22(16-13-19)14-11-18(2)17-21(3)25-20-9-7-6-8-10-20;1-2-4-6-5-3-1/h6-10,18-19H,5,11-17H2,1-4H3;1-6H. The van der Waals surface area contributed by atoms with E-state index in [9.17, 15) is 0 Å². The molecule has 1 unspecified atom stereocenters. The summed E-state index contributed by atoms with van der Waals surface area (Å²) in [6.07, 6.45) is 6.16. The molecule has 1 aliphatic rings. The number of nitrogens with zero attached hydrogens (tertiary/aromatic N) is 3. The van der Waals surface area contributed by atoms with E-state index in [1.54, 1.807) is 0 Å². The number of hydrogen-bond acceptors (Lipinski definition) is 5. The van der Waals surface area contributed by atoms with Crippen molar-refractivity contribution in [2.75, 3.05) is 46.0 Å². The van der Waals surface area contributed by atoms with Gasteiger partial charge in [-0.25, -0.2) is 8.61 Å². The Balaban J connectivity index is 0.000000488. The predicted molar refractivity (Wildman–Crippen MR) is 141 cm³/mol. The van der Waals surface area contributed by atoms with Gasteiger partial charge in [-0.15, -0.1) is 0 Å². The van der Waals surface area contributed by atoms with Crippen LogP contribution in [0.4, 0.5) is 0 Å². The Hall–Kier alpha value is -0.980. The molecule has 3 rings (SSSR count). The second-order valence-corrected chi connectivity index (χ2v) is 10.4. The van der Waals surface area contributed by atoms with Crippen LogP contribution in [0.15, 0.2) is 71.6 Å². The van der Waals surface area contributed by atoms with Crippen LogP contribution in [-0.4, -0.2) is 65.6 Å². The third kappa shape index (κ3) is 10.9. The fourth-order valence-electron chi connectivity index (χ4n) is 3.98. The largest absolute Gasteiger partial charge is 0.303 e. The Morgan fingerprint density at radius 1 is 0.968 bits per heavy atom. The summed E-state index contributed by atoms with van der Waals surface area (Å²) in [5.41, 5.74) is 0. The molecule has 0 spiro atoms. The van der Waals surface area contributed by atoms with E-state index >= 15 is 0 Å². The summed E-state index contributed by atoms with van der Waals surface area (Å²) in [5, 5.41) is 0. The first-order valence-corrected chi connectivity index (χ1v) is 13.5. The molecule has 31 heavy (non-hydrogen) atoms. The van der Waals surface area contributed by atoms with Crippen molar-refractivity contribution in [3.8, 4) is 0 Å². The maximum atomic E-state index is 2.67. The maximum Gasteiger partial charge on any atom is 0.0230 e. The molecule has 172 valence electrons. The number of benzene rings is 2. The van der Waals surface area contributed by atoms with Gasteiger partial charge in [0.25, 0.3) is 0 Å². The minimum absolute atomic E-state index is 0.734. The highest BCUT2D eigenvalue weighted by Crippen LogP contribution is 2.24. The van der Waals surface area contributed by atoms with Gasteiger partial charge in [0.05, 0.1) is 0 Å². The SMILES string of the molecule is CCN(SC)C1CCN(CCC(C)CN(C)Sc2ccccc2)CC1.c1ccccc1. The minimum Gasteiger partial charge on any atom is -0.303 e. The molecule has 5 heteroatoms. The molecule has 2 aromatic carbocycles. The summed E-state index contributed by atoms with van der Waals surface area (Å²) >= 11 is 3.76. The van der Waals surface area contributed by atoms with Gasteiger partial charge in [-0.05, 0) is 82.2 Å². The van der Waals surface area contributed by atoms with Crippen LogP contribution in [0.2, 0.25) is 0 Å². The van der Waals surface area contributed by atoms with Crippen LogP contribution in [0.3, 0.4) is 0 Å². The fraction of sp³-hybridized carbons (Fsp3) is 0.538. The van der Waals surface area contributed by atoms with E-state index in [1.165, 1.54) is 43.8 Å². The third-order valence-electron chi connectivity index (χ3n) is 5.69. The Labute approximate surface area is 199 Å². The summed E-state index contributed by atoms with van der Waals surface area (Å²) in [4.78, 5) is 4.00. The first-order chi connectivity index (χ1) is 15.1. The predicted octanol–water partition coefficient (Wildman–Crippen LogP) is 6.40. The Morgan fingerprint density at radius 3 is 2.03 bits per heavy atom. The van der Waals surface area contributed by atoms with E-state index in [2.05, 4.69) is 71.0 Å².